The minimum absolute atomic E-state index is 0.000346. The number of aryl methyl sites for hydroxylation is 2. The first kappa shape index (κ1) is 15.3. The van der Waals surface area contributed by atoms with Crippen molar-refractivity contribution in [1.29, 1.82) is 0 Å². The van der Waals surface area contributed by atoms with Gasteiger partial charge in [-0.1, -0.05) is 0 Å². The van der Waals surface area contributed by atoms with Crippen LogP contribution in [0.5, 0.6) is 0 Å². The third-order valence-corrected chi connectivity index (χ3v) is 3.74. The Hall–Kier alpha value is -2.64. The Labute approximate surface area is 131 Å². The summed E-state index contributed by atoms with van der Waals surface area (Å²) in [5.41, 5.74) is 2.49. The van der Waals surface area contributed by atoms with Crippen LogP contribution in [0, 0.1) is 0 Å². The molecule has 0 bridgehead atoms. The third kappa shape index (κ3) is 3.25. The molecule has 1 aliphatic heterocycles. The Morgan fingerprint density at radius 1 is 1.39 bits per heavy atom. The normalized spacial score (nSPS) is 13.4. The summed E-state index contributed by atoms with van der Waals surface area (Å²) in [6, 6.07) is 4.98. The predicted molar refractivity (Wildman–Crippen MR) is 84.1 cm³/mol. The van der Waals surface area contributed by atoms with Gasteiger partial charge in [0.2, 0.25) is 0 Å². The molecule has 6 nitrogen and oxygen atoms in total. The van der Waals surface area contributed by atoms with E-state index in [1.54, 1.807) is 6.07 Å². The number of hydrogen-bond donors (Lipinski definition) is 3. The fourth-order valence-corrected chi connectivity index (χ4v) is 2.64. The Morgan fingerprint density at radius 3 is 3.00 bits per heavy atom. The third-order valence-electron chi connectivity index (χ3n) is 3.74. The van der Waals surface area contributed by atoms with Crippen LogP contribution in [-0.4, -0.2) is 22.4 Å². The van der Waals surface area contributed by atoms with E-state index in [0.29, 0.717) is 5.69 Å². The second-order valence-corrected chi connectivity index (χ2v) is 5.35. The van der Waals surface area contributed by atoms with Crippen molar-refractivity contribution >= 4 is 23.1 Å². The van der Waals surface area contributed by atoms with E-state index >= 15 is 0 Å². The molecular weight excluding hydrogens is 304 g/mol. The van der Waals surface area contributed by atoms with E-state index in [1.807, 2.05) is 12.1 Å². The molecule has 0 saturated carbocycles. The molecule has 1 aromatic carbocycles. The number of nitrogens with zero attached hydrogens (tertiary/aromatic N) is 2. The zero-order valence-corrected chi connectivity index (χ0v) is 12.6. The summed E-state index contributed by atoms with van der Waals surface area (Å²) in [4.78, 5) is 12.0. The summed E-state index contributed by atoms with van der Waals surface area (Å²) in [6.45, 7) is 0.942. The number of alkyl halides is 2. The SMILES string of the molecule is Cn1ncc(NC(=O)Nc2ccc3c(c2)CCCN3)c1C(F)F. The molecule has 0 radical (unpaired) electrons. The van der Waals surface area contributed by atoms with E-state index < -0.39 is 12.5 Å². The van der Waals surface area contributed by atoms with Crippen molar-refractivity contribution in [3.05, 3.63) is 35.7 Å². The maximum Gasteiger partial charge on any atom is 0.323 e. The standard InChI is InChI=1S/C15H17F2N5O/c1-22-13(14(16)17)12(8-19-22)21-15(23)20-10-4-5-11-9(7-10)3-2-6-18-11/h4-5,7-8,14,18H,2-3,6H2,1H3,(H2,20,21,23). The highest BCUT2D eigenvalue weighted by Gasteiger charge is 2.20. The maximum absolute atomic E-state index is 12.9. The largest absolute Gasteiger partial charge is 0.385 e. The number of carbonyl (C=O) groups is 1. The number of nitrogens with one attached hydrogen (secondary N) is 3. The number of hydrogen-bond acceptors (Lipinski definition) is 3. The summed E-state index contributed by atoms with van der Waals surface area (Å²) in [7, 11) is 1.40. The molecule has 2 amide bonds. The number of halogens is 2. The van der Waals surface area contributed by atoms with Crippen molar-refractivity contribution in [1.82, 2.24) is 9.78 Å². The molecule has 0 aliphatic carbocycles. The predicted octanol–water partition coefficient (Wildman–Crippen LogP) is 3.36. The van der Waals surface area contributed by atoms with E-state index in [-0.39, 0.29) is 11.4 Å². The Kier molecular flexibility index (Phi) is 4.14. The lowest BCUT2D eigenvalue weighted by Gasteiger charge is -2.18. The fraction of sp³-hybridized carbons (Fsp3) is 0.333. The zero-order valence-electron chi connectivity index (χ0n) is 12.6. The van der Waals surface area contributed by atoms with E-state index in [0.717, 1.165) is 35.3 Å². The van der Waals surface area contributed by atoms with Gasteiger partial charge in [-0.15, -0.1) is 0 Å². The van der Waals surface area contributed by atoms with Gasteiger partial charge in [-0.3, -0.25) is 4.68 Å². The van der Waals surface area contributed by atoms with Gasteiger partial charge in [0.25, 0.3) is 6.43 Å². The molecule has 3 rings (SSSR count). The minimum atomic E-state index is -2.72. The van der Waals surface area contributed by atoms with Gasteiger partial charge >= 0.3 is 6.03 Å². The minimum Gasteiger partial charge on any atom is -0.385 e. The second-order valence-electron chi connectivity index (χ2n) is 5.35. The number of rotatable bonds is 3. The molecule has 3 N–H and O–H groups in total. The monoisotopic (exact) mass is 321 g/mol. The van der Waals surface area contributed by atoms with E-state index in [9.17, 15) is 13.6 Å². The molecule has 23 heavy (non-hydrogen) atoms. The van der Waals surface area contributed by atoms with Gasteiger partial charge in [0.1, 0.15) is 5.69 Å². The van der Waals surface area contributed by atoms with Crippen LogP contribution in [-0.2, 0) is 13.5 Å². The number of fused-ring (bicyclic) bond motifs is 1. The van der Waals surface area contributed by atoms with Crippen LogP contribution in [0.4, 0.5) is 30.6 Å². The first-order chi connectivity index (χ1) is 11.0. The first-order valence-corrected chi connectivity index (χ1v) is 7.29. The molecule has 122 valence electrons. The zero-order chi connectivity index (χ0) is 16.4. The number of amides is 2. The molecule has 0 fully saturated rings. The quantitative estimate of drug-likeness (QED) is 0.812. The summed E-state index contributed by atoms with van der Waals surface area (Å²) in [5, 5.41) is 12.1. The number of carbonyl (C=O) groups excluding carboxylic acids is 1. The number of aromatic nitrogens is 2. The lowest BCUT2D eigenvalue weighted by atomic mass is 10.0. The lowest BCUT2D eigenvalue weighted by Crippen LogP contribution is -2.20. The van der Waals surface area contributed by atoms with Crippen LogP contribution < -0.4 is 16.0 Å². The molecule has 8 heteroatoms. The molecular formula is C15H17F2N5O. The summed E-state index contributed by atoms with van der Waals surface area (Å²) >= 11 is 0. The number of anilines is 3. The second kappa shape index (κ2) is 6.23. The molecule has 0 saturated heterocycles. The van der Waals surface area contributed by atoms with Crippen LogP contribution in [0.25, 0.3) is 0 Å². The average Bonchev–Trinajstić information content (AvgIpc) is 2.87. The molecule has 1 aliphatic rings. The topological polar surface area (TPSA) is 71.0 Å². The van der Waals surface area contributed by atoms with Crippen LogP contribution in [0.2, 0.25) is 0 Å². The van der Waals surface area contributed by atoms with E-state index in [2.05, 4.69) is 21.0 Å². The van der Waals surface area contributed by atoms with Crippen LogP contribution >= 0.6 is 0 Å². The number of urea groups is 1. The van der Waals surface area contributed by atoms with Gasteiger partial charge in [0.15, 0.2) is 0 Å². The fourth-order valence-electron chi connectivity index (χ4n) is 2.64. The Balaban J connectivity index is 1.70. The summed E-state index contributed by atoms with van der Waals surface area (Å²) in [6.07, 6.45) is 0.471. The van der Waals surface area contributed by atoms with Gasteiger partial charge in [-0.05, 0) is 36.6 Å². The molecule has 2 heterocycles. The first-order valence-electron chi connectivity index (χ1n) is 7.29. The molecule has 2 aromatic rings. The van der Waals surface area contributed by atoms with Crippen LogP contribution in [0.1, 0.15) is 24.1 Å². The Bertz CT molecular complexity index is 729. The van der Waals surface area contributed by atoms with Crippen molar-refractivity contribution in [3.63, 3.8) is 0 Å². The van der Waals surface area contributed by atoms with Crippen LogP contribution in [0.3, 0.4) is 0 Å². The van der Waals surface area contributed by atoms with Gasteiger partial charge < -0.3 is 16.0 Å². The van der Waals surface area contributed by atoms with Gasteiger partial charge in [-0.25, -0.2) is 13.6 Å². The summed E-state index contributed by atoms with van der Waals surface area (Å²) in [5.74, 6) is 0. The highest BCUT2D eigenvalue weighted by atomic mass is 19.3. The highest BCUT2D eigenvalue weighted by molar-refractivity contribution is 6.00. The molecule has 0 atom stereocenters. The van der Waals surface area contributed by atoms with Crippen molar-refractivity contribution in [2.24, 2.45) is 7.05 Å². The van der Waals surface area contributed by atoms with Crippen molar-refractivity contribution in [2.75, 3.05) is 22.5 Å². The van der Waals surface area contributed by atoms with Crippen molar-refractivity contribution in [3.8, 4) is 0 Å². The van der Waals surface area contributed by atoms with Gasteiger partial charge in [0.05, 0.1) is 11.9 Å². The molecule has 1 aromatic heterocycles. The Morgan fingerprint density at radius 2 is 2.22 bits per heavy atom. The smallest absolute Gasteiger partial charge is 0.323 e. The van der Waals surface area contributed by atoms with Crippen molar-refractivity contribution in [2.45, 2.75) is 19.3 Å². The molecule has 0 spiro atoms. The van der Waals surface area contributed by atoms with Crippen LogP contribution in [0.15, 0.2) is 24.4 Å². The maximum atomic E-state index is 12.9. The van der Waals surface area contributed by atoms with E-state index in [1.165, 1.54) is 13.2 Å². The summed E-state index contributed by atoms with van der Waals surface area (Å²) < 4.78 is 26.9. The van der Waals surface area contributed by atoms with Crippen molar-refractivity contribution < 1.29 is 13.6 Å². The lowest BCUT2D eigenvalue weighted by molar-refractivity contribution is 0.141. The van der Waals surface area contributed by atoms with Gasteiger partial charge in [-0.2, -0.15) is 5.10 Å². The number of benzene rings is 1. The highest BCUT2D eigenvalue weighted by Crippen LogP contribution is 2.27. The van der Waals surface area contributed by atoms with E-state index in [4.69, 9.17) is 0 Å². The molecule has 0 unspecified atom stereocenters. The average molecular weight is 321 g/mol. The van der Waals surface area contributed by atoms with Gasteiger partial charge in [0, 0.05) is 25.0 Å².